The van der Waals surface area contributed by atoms with Crippen LogP contribution in [0.3, 0.4) is 0 Å². The van der Waals surface area contributed by atoms with Crippen LogP contribution < -0.4 is 0 Å². The zero-order valence-corrected chi connectivity index (χ0v) is 6.20. The van der Waals surface area contributed by atoms with E-state index < -0.39 is 0 Å². The second-order valence-corrected chi connectivity index (χ2v) is 2.31. The first-order valence-corrected chi connectivity index (χ1v) is 3.50. The van der Waals surface area contributed by atoms with Gasteiger partial charge in [0.1, 0.15) is 0 Å². The molecule has 0 fully saturated rings. The number of aliphatic hydroxyl groups excluding tert-OH is 1. The summed E-state index contributed by atoms with van der Waals surface area (Å²) in [7, 11) is 0. The van der Waals surface area contributed by atoms with E-state index in [1.165, 1.54) is 0 Å². The predicted octanol–water partition coefficient (Wildman–Crippen LogP) is 1.40. The number of aliphatic hydroxyl groups is 1. The summed E-state index contributed by atoms with van der Waals surface area (Å²) in [5.41, 5.74) is 0.998. The summed E-state index contributed by atoms with van der Waals surface area (Å²) in [5, 5.41) is 8.84. The maximum Gasteiger partial charge on any atom is 0.0680 e. The van der Waals surface area contributed by atoms with Crippen molar-refractivity contribution >= 4 is 0 Å². The molecular weight excluding hydrogens is 136 g/mol. The molecular formula is C10H10O. The maximum absolute atomic E-state index is 8.84. The van der Waals surface area contributed by atoms with Crippen LogP contribution in [0.2, 0.25) is 0 Å². The molecule has 0 radical (unpaired) electrons. The molecule has 0 aliphatic rings. The number of hydrogen-bond donors (Lipinski definition) is 1. The van der Waals surface area contributed by atoms with E-state index in [0.717, 1.165) is 5.56 Å². The van der Waals surface area contributed by atoms with E-state index in [-0.39, 0.29) is 12.5 Å². The van der Waals surface area contributed by atoms with Crippen LogP contribution in [0.1, 0.15) is 11.5 Å². The van der Waals surface area contributed by atoms with Crippen molar-refractivity contribution in [2.75, 3.05) is 6.61 Å². The zero-order chi connectivity index (χ0) is 8.10. The van der Waals surface area contributed by atoms with E-state index in [4.69, 9.17) is 11.5 Å². The average molecular weight is 146 g/mol. The molecule has 0 saturated heterocycles. The van der Waals surface area contributed by atoms with Crippen LogP contribution in [-0.4, -0.2) is 11.7 Å². The fraction of sp³-hybridized carbons (Fsp3) is 0.200. The highest BCUT2D eigenvalue weighted by molar-refractivity contribution is 5.26. The van der Waals surface area contributed by atoms with Crippen LogP contribution in [0.25, 0.3) is 0 Å². The highest BCUT2D eigenvalue weighted by atomic mass is 16.3. The molecule has 11 heavy (non-hydrogen) atoms. The third-order valence-corrected chi connectivity index (χ3v) is 1.59. The Balaban J connectivity index is 2.85. The van der Waals surface area contributed by atoms with Crippen molar-refractivity contribution < 1.29 is 5.11 Å². The Bertz CT molecular complexity index is 245. The fourth-order valence-corrected chi connectivity index (χ4v) is 0.940. The molecule has 0 spiro atoms. The van der Waals surface area contributed by atoms with Crippen molar-refractivity contribution in [1.82, 2.24) is 0 Å². The van der Waals surface area contributed by atoms with Gasteiger partial charge in [0, 0.05) is 0 Å². The number of benzene rings is 1. The lowest BCUT2D eigenvalue weighted by molar-refractivity contribution is 0.287. The third kappa shape index (κ3) is 1.83. The molecule has 0 heterocycles. The van der Waals surface area contributed by atoms with Crippen molar-refractivity contribution in [2.24, 2.45) is 0 Å². The van der Waals surface area contributed by atoms with Gasteiger partial charge in [0.15, 0.2) is 0 Å². The minimum Gasteiger partial charge on any atom is -0.395 e. The summed E-state index contributed by atoms with van der Waals surface area (Å²) in [6.45, 7) is 0.0144. The van der Waals surface area contributed by atoms with Gasteiger partial charge in [-0.05, 0) is 5.56 Å². The van der Waals surface area contributed by atoms with Crippen LogP contribution >= 0.6 is 0 Å². The van der Waals surface area contributed by atoms with Crippen molar-refractivity contribution in [2.45, 2.75) is 5.92 Å². The molecule has 0 saturated carbocycles. The van der Waals surface area contributed by atoms with Crippen molar-refractivity contribution in [3.05, 3.63) is 35.9 Å². The van der Waals surface area contributed by atoms with Gasteiger partial charge in [-0.2, -0.15) is 0 Å². The maximum atomic E-state index is 8.84. The molecule has 0 bridgehead atoms. The summed E-state index contributed by atoms with van der Waals surface area (Å²) in [4.78, 5) is 0. The zero-order valence-electron chi connectivity index (χ0n) is 6.20. The van der Waals surface area contributed by atoms with E-state index >= 15 is 0 Å². The average Bonchev–Trinajstić information content (AvgIpc) is 2.09. The third-order valence-electron chi connectivity index (χ3n) is 1.59. The molecule has 0 aromatic heterocycles. The van der Waals surface area contributed by atoms with E-state index in [0.29, 0.717) is 0 Å². The molecule has 1 aromatic carbocycles. The Morgan fingerprint density at radius 2 is 2.00 bits per heavy atom. The number of terminal acetylenes is 1. The number of hydrogen-bond acceptors (Lipinski definition) is 1. The van der Waals surface area contributed by atoms with E-state index in [1.54, 1.807) is 0 Å². The van der Waals surface area contributed by atoms with Gasteiger partial charge in [0.25, 0.3) is 0 Å². The molecule has 56 valence electrons. The van der Waals surface area contributed by atoms with E-state index in [2.05, 4.69) is 5.92 Å². The van der Waals surface area contributed by atoms with E-state index in [1.807, 2.05) is 30.3 Å². The van der Waals surface area contributed by atoms with Gasteiger partial charge in [0.05, 0.1) is 12.5 Å². The van der Waals surface area contributed by atoms with Gasteiger partial charge < -0.3 is 5.11 Å². The summed E-state index contributed by atoms with van der Waals surface area (Å²) in [5.74, 6) is 2.36. The molecule has 0 aliphatic heterocycles. The van der Waals surface area contributed by atoms with Gasteiger partial charge >= 0.3 is 0 Å². The Morgan fingerprint density at radius 1 is 1.36 bits per heavy atom. The quantitative estimate of drug-likeness (QED) is 0.625. The fourth-order valence-electron chi connectivity index (χ4n) is 0.940. The van der Waals surface area contributed by atoms with Gasteiger partial charge in [-0.15, -0.1) is 6.42 Å². The van der Waals surface area contributed by atoms with Crippen molar-refractivity contribution in [1.29, 1.82) is 0 Å². The molecule has 1 heteroatoms. The first-order valence-electron chi connectivity index (χ1n) is 3.50. The van der Waals surface area contributed by atoms with Crippen molar-refractivity contribution in [3.8, 4) is 12.3 Å². The first-order chi connectivity index (χ1) is 5.38. The van der Waals surface area contributed by atoms with Gasteiger partial charge in [-0.25, -0.2) is 0 Å². The van der Waals surface area contributed by atoms with E-state index in [9.17, 15) is 0 Å². The number of rotatable bonds is 2. The smallest absolute Gasteiger partial charge is 0.0680 e. The molecule has 1 atom stereocenters. The summed E-state index contributed by atoms with van der Waals surface area (Å²) < 4.78 is 0. The van der Waals surface area contributed by atoms with Crippen LogP contribution in [0, 0.1) is 12.3 Å². The summed E-state index contributed by atoms with van der Waals surface area (Å²) >= 11 is 0. The Hall–Kier alpha value is -1.26. The van der Waals surface area contributed by atoms with Gasteiger partial charge in [-0.1, -0.05) is 36.3 Å². The topological polar surface area (TPSA) is 20.2 Å². The van der Waals surface area contributed by atoms with Crippen LogP contribution in [0.5, 0.6) is 0 Å². The highest BCUT2D eigenvalue weighted by Crippen LogP contribution is 2.12. The predicted molar refractivity (Wildman–Crippen MR) is 45.1 cm³/mol. The van der Waals surface area contributed by atoms with Crippen LogP contribution in [0.4, 0.5) is 0 Å². The largest absolute Gasteiger partial charge is 0.395 e. The summed E-state index contributed by atoms with van der Waals surface area (Å²) in [6, 6.07) is 9.58. The van der Waals surface area contributed by atoms with Crippen molar-refractivity contribution in [3.63, 3.8) is 0 Å². The Morgan fingerprint density at radius 3 is 2.45 bits per heavy atom. The lowest BCUT2D eigenvalue weighted by Crippen LogP contribution is -1.99. The monoisotopic (exact) mass is 146 g/mol. The standard InChI is InChI=1S/C10H10O/c1-2-9(8-11)10-6-4-3-5-7-10/h1,3-7,9,11H,8H2. The lowest BCUT2D eigenvalue weighted by atomic mass is 10.0. The molecule has 0 amide bonds. The molecule has 1 aromatic rings. The normalized spacial score (nSPS) is 12.0. The molecule has 1 rings (SSSR count). The van der Waals surface area contributed by atoms with Crippen LogP contribution in [-0.2, 0) is 0 Å². The molecule has 1 N–H and O–H groups in total. The second kappa shape index (κ2) is 3.80. The molecule has 0 aliphatic carbocycles. The minimum absolute atomic E-state index is 0.0144. The Labute approximate surface area is 66.7 Å². The SMILES string of the molecule is C#CC(CO)c1ccccc1. The Kier molecular flexibility index (Phi) is 2.71. The van der Waals surface area contributed by atoms with Gasteiger partial charge in [0.2, 0.25) is 0 Å². The molecule has 1 unspecified atom stereocenters. The first kappa shape index (κ1) is 7.84. The summed E-state index contributed by atoms with van der Waals surface area (Å²) in [6.07, 6.45) is 5.21. The lowest BCUT2D eigenvalue weighted by Gasteiger charge is -2.05. The molecule has 1 nitrogen and oxygen atoms in total. The highest BCUT2D eigenvalue weighted by Gasteiger charge is 2.03. The van der Waals surface area contributed by atoms with Crippen LogP contribution in [0.15, 0.2) is 30.3 Å². The second-order valence-electron chi connectivity index (χ2n) is 2.31. The minimum atomic E-state index is -0.156. The van der Waals surface area contributed by atoms with Gasteiger partial charge in [-0.3, -0.25) is 0 Å².